The van der Waals surface area contributed by atoms with Gasteiger partial charge in [0.05, 0.1) is 30.3 Å². The summed E-state index contributed by atoms with van der Waals surface area (Å²) >= 11 is 3.35. The number of carbonyl (C=O) groups excluding carboxylic acids is 1. The number of rotatable bonds is 6. The van der Waals surface area contributed by atoms with Crippen molar-refractivity contribution in [3.05, 3.63) is 56.4 Å². The van der Waals surface area contributed by atoms with E-state index in [4.69, 9.17) is 9.47 Å². The molecule has 146 valence electrons. The van der Waals surface area contributed by atoms with Crippen molar-refractivity contribution in [3.63, 3.8) is 0 Å². The number of hydrogen-bond donors (Lipinski definition) is 0. The average Bonchev–Trinajstić information content (AvgIpc) is 2.69. The van der Waals surface area contributed by atoms with Crippen LogP contribution in [0.1, 0.15) is 13.8 Å². The summed E-state index contributed by atoms with van der Waals surface area (Å²) in [6.45, 7) is 3.79. The molecule has 0 spiro atoms. The second-order valence-electron chi connectivity index (χ2n) is 5.88. The molecule has 2 aromatic carbocycles. The van der Waals surface area contributed by atoms with Gasteiger partial charge in [-0.05, 0) is 66.8 Å². The number of hydrogen-bond acceptors (Lipinski definition) is 6. The lowest BCUT2D eigenvalue weighted by molar-refractivity contribution is -0.142. The highest BCUT2D eigenvalue weighted by Gasteiger charge is 2.22. The normalized spacial score (nSPS) is 12.0. The van der Waals surface area contributed by atoms with Gasteiger partial charge in [-0.1, -0.05) is 23.9 Å². The monoisotopic (exact) mass is 510 g/mol. The van der Waals surface area contributed by atoms with Crippen molar-refractivity contribution in [3.8, 4) is 11.4 Å². The highest BCUT2D eigenvalue weighted by atomic mass is 127. The predicted octanol–water partition coefficient (Wildman–Crippen LogP) is 4.04. The van der Waals surface area contributed by atoms with Crippen LogP contribution in [0.3, 0.4) is 0 Å². The third kappa shape index (κ3) is 4.17. The molecule has 0 fully saturated rings. The number of methoxy groups -OCH3 is 1. The SMILES string of the molecule is CCOC(=O)[C@H](C)Sc1nc2ccc(I)cc2c(=O)n1-c1ccccc1OC. The average molecular weight is 510 g/mol. The molecule has 0 radical (unpaired) electrons. The Balaban J connectivity index is 2.25. The lowest BCUT2D eigenvalue weighted by atomic mass is 10.2. The maximum absolute atomic E-state index is 13.4. The fourth-order valence-electron chi connectivity index (χ4n) is 2.71. The van der Waals surface area contributed by atoms with Crippen LogP contribution in [-0.4, -0.2) is 34.5 Å². The smallest absolute Gasteiger partial charge is 0.319 e. The van der Waals surface area contributed by atoms with Crippen LogP contribution in [0.15, 0.2) is 52.4 Å². The summed E-state index contributed by atoms with van der Waals surface area (Å²) < 4.78 is 13.0. The summed E-state index contributed by atoms with van der Waals surface area (Å²) in [6, 6.07) is 12.7. The van der Waals surface area contributed by atoms with Crippen molar-refractivity contribution in [2.75, 3.05) is 13.7 Å². The van der Waals surface area contributed by atoms with E-state index in [0.717, 1.165) is 3.57 Å². The van der Waals surface area contributed by atoms with Crippen molar-refractivity contribution in [2.24, 2.45) is 0 Å². The summed E-state index contributed by atoms with van der Waals surface area (Å²) in [5.41, 5.74) is 0.934. The lowest BCUT2D eigenvalue weighted by Gasteiger charge is -2.17. The zero-order valence-electron chi connectivity index (χ0n) is 15.6. The molecule has 28 heavy (non-hydrogen) atoms. The van der Waals surface area contributed by atoms with Crippen molar-refractivity contribution >= 4 is 51.2 Å². The van der Waals surface area contributed by atoms with Crippen LogP contribution in [0.5, 0.6) is 5.75 Å². The molecule has 0 aliphatic heterocycles. The number of esters is 1. The van der Waals surface area contributed by atoms with E-state index < -0.39 is 5.25 Å². The Labute approximate surface area is 180 Å². The molecule has 8 heteroatoms. The number of para-hydroxylation sites is 2. The first-order valence-corrected chi connectivity index (χ1v) is 10.6. The zero-order chi connectivity index (χ0) is 20.3. The van der Waals surface area contributed by atoms with Gasteiger partial charge in [-0.25, -0.2) is 4.98 Å². The van der Waals surface area contributed by atoms with Gasteiger partial charge in [-0.15, -0.1) is 0 Å². The van der Waals surface area contributed by atoms with Crippen LogP contribution in [0.4, 0.5) is 0 Å². The number of carbonyl (C=O) groups is 1. The Kier molecular flexibility index (Phi) is 6.61. The molecule has 0 aliphatic carbocycles. The van der Waals surface area contributed by atoms with E-state index in [2.05, 4.69) is 27.6 Å². The van der Waals surface area contributed by atoms with Gasteiger partial charge in [0.2, 0.25) is 0 Å². The van der Waals surface area contributed by atoms with Gasteiger partial charge >= 0.3 is 5.97 Å². The van der Waals surface area contributed by atoms with E-state index in [1.54, 1.807) is 39.2 Å². The molecule has 0 amide bonds. The summed E-state index contributed by atoms with van der Waals surface area (Å²) in [5.74, 6) is 0.193. The Hall–Kier alpha value is -2.07. The quantitative estimate of drug-likeness (QED) is 0.216. The molecule has 6 nitrogen and oxygen atoms in total. The highest BCUT2D eigenvalue weighted by molar-refractivity contribution is 14.1. The number of thioether (sulfide) groups is 1. The summed E-state index contributed by atoms with van der Waals surface area (Å²) in [6.07, 6.45) is 0. The molecule has 0 N–H and O–H groups in total. The van der Waals surface area contributed by atoms with E-state index in [9.17, 15) is 9.59 Å². The largest absolute Gasteiger partial charge is 0.495 e. The van der Waals surface area contributed by atoms with E-state index in [1.165, 1.54) is 16.3 Å². The Morgan fingerprint density at radius 2 is 2.04 bits per heavy atom. The molecule has 1 atom stereocenters. The number of benzene rings is 2. The van der Waals surface area contributed by atoms with E-state index in [-0.39, 0.29) is 11.5 Å². The number of aromatic nitrogens is 2. The van der Waals surface area contributed by atoms with Gasteiger partial charge in [0.15, 0.2) is 5.16 Å². The molecule has 0 saturated heterocycles. The Morgan fingerprint density at radius 3 is 2.75 bits per heavy atom. The molecule has 3 aromatic rings. The van der Waals surface area contributed by atoms with Crippen LogP contribution < -0.4 is 10.3 Å². The predicted molar refractivity (Wildman–Crippen MR) is 119 cm³/mol. The highest BCUT2D eigenvalue weighted by Crippen LogP contribution is 2.29. The second-order valence-corrected chi connectivity index (χ2v) is 8.43. The van der Waals surface area contributed by atoms with Crippen LogP contribution in [0.2, 0.25) is 0 Å². The molecule has 3 rings (SSSR count). The first-order chi connectivity index (χ1) is 13.5. The van der Waals surface area contributed by atoms with E-state index in [1.807, 2.05) is 24.3 Å². The molecular weight excluding hydrogens is 491 g/mol. The van der Waals surface area contributed by atoms with Crippen molar-refractivity contribution in [1.29, 1.82) is 0 Å². The number of fused-ring (bicyclic) bond motifs is 1. The Bertz CT molecular complexity index is 1080. The van der Waals surface area contributed by atoms with Crippen LogP contribution in [0, 0.1) is 3.57 Å². The topological polar surface area (TPSA) is 70.4 Å². The number of ether oxygens (including phenoxy) is 2. The maximum Gasteiger partial charge on any atom is 0.319 e. The van der Waals surface area contributed by atoms with Crippen molar-refractivity contribution in [2.45, 2.75) is 24.3 Å². The maximum atomic E-state index is 13.4. The molecule has 0 unspecified atom stereocenters. The number of nitrogens with zero attached hydrogens (tertiary/aromatic N) is 2. The van der Waals surface area contributed by atoms with Gasteiger partial charge in [-0.2, -0.15) is 0 Å². The third-order valence-corrected chi connectivity index (χ3v) is 5.73. The van der Waals surface area contributed by atoms with Gasteiger partial charge in [0.1, 0.15) is 11.0 Å². The van der Waals surface area contributed by atoms with Crippen LogP contribution >= 0.6 is 34.4 Å². The van der Waals surface area contributed by atoms with E-state index in [0.29, 0.717) is 34.1 Å². The summed E-state index contributed by atoms with van der Waals surface area (Å²) in [4.78, 5) is 30.2. The fourth-order valence-corrected chi connectivity index (χ4v) is 4.12. The van der Waals surface area contributed by atoms with Gasteiger partial charge in [0, 0.05) is 3.57 Å². The summed E-state index contributed by atoms with van der Waals surface area (Å²) in [5, 5.41) is 0.392. The van der Waals surface area contributed by atoms with Crippen molar-refractivity contribution in [1.82, 2.24) is 9.55 Å². The Morgan fingerprint density at radius 1 is 1.29 bits per heavy atom. The molecule has 1 heterocycles. The minimum Gasteiger partial charge on any atom is -0.495 e. The first-order valence-electron chi connectivity index (χ1n) is 8.65. The first kappa shape index (κ1) is 20.7. The molecule has 1 aromatic heterocycles. The lowest BCUT2D eigenvalue weighted by Crippen LogP contribution is -2.24. The van der Waals surface area contributed by atoms with E-state index >= 15 is 0 Å². The number of halogens is 1. The second kappa shape index (κ2) is 8.95. The minimum absolute atomic E-state index is 0.216. The minimum atomic E-state index is -0.519. The molecular formula is C20H19IN2O4S. The van der Waals surface area contributed by atoms with Crippen LogP contribution in [0.25, 0.3) is 16.6 Å². The van der Waals surface area contributed by atoms with Gasteiger partial charge in [-0.3, -0.25) is 14.2 Å². The standard InChI is InChI=1S/C20H19IN2O4S/c1-4-27-19(25)12(2)28-20-22-15-10-9-13(21)11-14(15)18(24)23(20)16-7-5-6-8-17(16)26-3/h5-12H,4H2,1-3H3/t12-/m0/s1. The fraction of sp³-hybridized carbons (Fsp3) is 0.250. The summed E-state index contributed by atoms with van der Waals surface area (Å²) in [7, 11) is 1.55. The third-order valence-electron chi connectivity index (χ3n) is 4.03. The van der Waals surface area contributed by atoms with Crippen molar-refractivity contribution < 1.29 is 14.3 Å². The molecule has 0 bridgehead atoms. The zero-order valence-corrected chi connectivity index (χ0v) is 18.6. The molecule has 0 saturated carbocycles. The van der Waals surface area contributed by atoms with Gasteiger partial charge in [0.25, 0.3) is 5.56 Å². The van der Waals surface area contributed by atoms with Crippen LogP contribution in [-0.2, 0) is 9.53 Å². The van der Waals surface area contributed by atoms with Gasteiger partial charge < -0.3 is 9.47 Å². The molecule has 0 aliphatic rings.